The fourth-order valence-corrected chi connectivity index (χ4v) is 3.57. The number of anilines is 3. The Bertz CT molecular complexity index is 1330. The largest absolute Gasteiger partial charge is 0.444 e. The smallest absolute Gasteiger partial charge is 0.410 e. The highest BCUT2D eigenvalue weighted by Crippen LogP contribution is 2.22. The van der Waals surface area contributed by atoms with Crippen molar-refractivity contribution in [1.82, 2.24) is 30.5 Å². The van der Waals surface area contributed by atoms with Crippen molar-refractivity contribution < 1.29 is 19.1 Å². The Balaban J connectivity index is 1.50. The van der Waals surface area contributed by atoms with Gasteiger partial charge in [-0.1, -0.05) is 13.0 Å². The Morgan fingerprint density at radius 2 is 1.77 bits per heavy atom. The summed E-state index contributed by atoms with van der Waals surface area (Å²) in [6.07, 6.45) is 5.82. The van der Waals surface area contributed by atoms with Crippen LogP contribution in [0.2, 0.25) is 0 Å². The molecule has 12 heteroatoms. The molecule has 1 aromatic carbocycles. The number of nitrogens with zero attached hydrogens (tertiary/aromatic N) is 4. The van der Waals surface area contributed by atoms with Gasteiger partial charge in [-0.15, -0.1) is 0 Å². The highest BCUT2D eigenvalue weighted by atomic mass is 16.6. The second kappa shape index (κ2) is 14.1. The van der Waals surface area contributed by atoms with Crippen LogP contribution in [0.4, 0.5) is 22.2 Å². The van der Waals surface area contributed by atoms with E-state index in [9.17, 15) is 14.4 Å². The van der Waals surface area contributed by atoms with Crippen LogP contribution in [0.1, 0.15) is 50.9 Å². The summed E-state index contributed by atoms with van der Waals surface area (Å²) in [4.78, 5) is 51.2. The van der Waals surface area contributed by atoms with Crippen LogP contribution < -0.4 is 21.3 Å². The molecule has 2 heterocycles. The number of fused-ring (bicyclic) bond motifs is 1. The van der Waals surface area contributed by atoms with Gasteiger partial charge in [0.1, 0.15) is 23.5 Å². The van der Waals surface area contributed by atoms with E-state index in [0.29, 0.717) is 43.4 Å². The number of likely N-dealkylation sites (N-methyl/N-ethyl adjacent to an activating group) is 1. The zero-order valence-corrected chi connectivity index (χ0v) is 23.7. The van der Waals surface area contributed by atoms with Gasteiger partial charge < -0.3 is 30.9 Å². The fourth-order valence-electron chi connectivity index (χ4n) is 3.57. The molecule has 0 radical (unpaired) electrons. The monoisotopic (exact) mass is 550 g/mol. The van der Waals surface area contributed by atoms with E-state index in [1.807, 2.05) is 31.2 Å². The van der Waals surface area contributed by atoms with E-state index in [-0.39, 0.29) is 18.4 Å². The number of hydrogen-bond acceptors (Lipinski definition) is 9. The lowest BCUT2D eigenvalue weighted by Crippen LogP contribution is -2.41. The molecule has 0 saturated carbocycles. The van der Waals surface area contributed by atoms with Gasteiger partial charge in [0.15, 0.2) is 0 Å². The normalized spacial score (nSPS) is 11.0. The molecule has 3 rings (SSSR count). The lowest BCUT2D eigenvalue weighted by Gasteiger charge is -2.24. The first-order chi connectivity index (χ1) is 19.1. The summed E-state index contributed by atoms with van der Waals surface area (Å²) in [5, 5.41) is 14.0. The molecule has 0 aliphatic carbocycles. The average molecular weight is 551 g/mol. The minimum absolute atomic E-state index is 0.123. The number of hydrogen-bond donors (Lipinski definition) is 4. The van der Waals surface area contributed by atoms with E-state index < -0.39 is 11.7 Å². The van der Waals surface area contributed by atoms with Crippen molar-refractivity contribution in [3.63, 3.8) is 0 Å². The molecule has 0 saturated heterocycles. The van der Waals surface area contributed by atoms with Crippen LogP contribution >= 0.6 is 0 Å². The van der Waals surface area contributed by atoms with Crippen molar-refractivity contribution in [3.05, 3.63) is 48.4 Å². The van der Waals surface area contributed by atoms with Crippen LogP contribution in [-0.4, -0.2) is 76.6 Å². The molecular weight excluding hydrogens is 512 g/mol. The van der Waals surface area contributed by atoms with Gasteiger partial charge in [-0.2, -0.15) is 4.98 Å². The van der Waals surface area contributed by atoms with Gasteiger partial charge in [0.05, 0.1) is 0 Å². The van der Waals surface area contributed by atoms with Crippen LogP contribution in [0, 0.1) is 0 Å². The molecule has 2 aromatic heterocycles. The molecule has 0 fully saturated rings. The van der Waals surface area contributed by atoms with Gasteiger partial charge in [0.25, 0.3) is 5.91 Å². The minimum Gasteiger partial charge on any atom is -0.444 e. The molecule has 40 heavy (non-hydrogen) atoms. The first-order valence-electron chi connectivity index (χ1n) is 13.3. The summed E-state index contributed by atoms with van der Waals surface area (Å²) < 4.78 is 5.24. The number of carbonyl (C=O) groups excluding carboxylic acids is 3. The molecule has 4 N–H and O–H groups in total. The van der Waals surface area contributed by atoms with Crippen LogP contribution in [-0.2, 0) is 9.53 Å². The van der Waals surface area contributed by atoms with Crippen LogP contribution in [0.3, 0.4) is 0 Å². The SMILES string of the molecule is CCCNc1nc(Nc2ccc3cnccc3c2)ncc1C(=O)NCCCNC(=O)CN(C)C(=O)OC(C)(C)C. The van der Waals surface area contributed by atoms with Crippen molar-refractivity contribution >= 4 is 46.1 Å². The first kappa shape index (κ1) is 30.1. The van der Waals surface area contributed by atoms with E-state index >= 15 is 0 Å². The molecular formula is C28H38N8O4. The Morgan fingerprint density at radius 3 is 2.52 bits per heavy atom. The zero-order valence-electron chi connectivity index (χ0n) is 23.7. The second-order valence-corrected chi connectivity index (χ2v) is 10.2. The number of ether oxygens (including phenoxy) is 1. The van der Waals surface area contributed by atoms with E-state index in [4.69, 9.17) is 4.74 Å². The number of pyridine rings is 1. The second-order valence-electron chi connectivity index (χ2n) is 10.2. The summed E-state index contributed by atoms with van der Waals surface area (Å²) in [5.74, 6) is 0.160. The van der Waals surface area contributed by atoms with Gasteiger partial charge in [0.2, 0.25) is 11.9 Å². The van der Waals surface area contributed by atoms with Crippen molar-refractivity contribution in [2.24, 2.45) is 0 Å². The molecule has 3 amide bonds. The summed E-state index contributed by atoms with van der Waals surface area (Å²) in [6.45, 7) is 8.50. The first-order valence-corrected chi connectivity index (χ1v) is 13.3. The van der Waals surface area contributed by atoms with Crippen LogP contribution in [0.25, 0.3) is 10.8 Å². The summed E-state index contributed by atoms with van der Waals surface area (Å²) in [7, 11) is 1.50. The predicted molar refractivity (Wildman–Crippen MR) is 155 cm³/mol. The van der Waals surface area contributed by atoms with E-state index in [0.717, 1.165) is 22.9 Å². The van der Waals surface area contributed by atoms with Gasteiger partial charge in [-0.25, -0.2) is 9.78 Å². The van der Waals surface area contributed by atoms with Crippen molar-refractivity contribution in [2.75, 3.05) is 43.9 Å². The van der Waals surface area contributed by atoms with Crippen molar-refractivity contribution in [3.8, 4) is 0 Å². The molecule has 12 nitrogen and oxygen atoms in total. The Labute approximate surface area is 234 Å². The molecule has 0 aliphatic rings. The number of aromatic nitrogens is 3. The lowest BCUT2D eigenvalue weighted by atomic mass is 10.1. The van der Waals surface area contributed by atoms with E-state index in [1.165, 1.54) is 18.1 Å². The lowest BCUT2D eigenvalue weighted by molar-refractivity contribution is -0.122. The summed E-state index contributed by atoms with van der Waals surface area (Å²) in [5.41, 5.74) is 0.506. The maximum absolute atomic E-state index is 12.9. The fraction of sp³-hybridized carbons (Fsp3) is 0.429. The molecule has 0 spiro atoms. The average Bonchev–Trinajstić information content (AvgIpc) is 2.90. The number of amides is 3. The molecule has 0 atom stereocenters. The number of rotatable bonds is 12. The molecule has 214 valence electrons. The highest BCUT2D eigenvalue weighted by Gasteiger charge is 2.21. The highest BCUT2D eigenvalue weighted by molar-refractivity contribution is 5.98. The molecule has 3 aromatic rings. The quantitative estimate of drug-likeness (QED) is 0.248. The number of carbonyl (C=O) groups is 3. The Kier molecular flexibility index (Phi) is 10.6. The molecule has 0 bridgehead atoms. The standard InChI is InChI=1S/C28H38N8O4/c1-6-11-31-24-22(17-33-26(35-24)34-21-9-8-20-16-29-14-10-19(20)15-21)25(38)32-13-7-12-30-23(37)18-36(5)27(39)40-28(2,3)4/h8-10,14-17H,6-7,11-13,18H2,1-5H3,(H,30,37)(H,32,38)(H2,31,33,34,35). The predicted octanol–water partition coefficient (Wildman–Crippen LogP) is 3.69. The maximum atomic E-state index is 12.9. The minimum atomic E-state index is -0.636. The topological polar surface area (TPSA) is 150 Å². The zero-order chi connectivity index (χ0) is 29.1. The number of benzene rings is 1. The maximum Gasteiger partial charge on any atom is 0.410 e. The summed E-state index contributed by atoms with van der Waals surface area (Å²) >= 11 is 0. The van der Waals surface area contributed by atoms with Gasteiger partial charge >= 0.3 is 6.09 Å². The third kappa shape index (κ3) is 9.37. The van der Waals surface area contributed by atoms with E-state index in [1.54, 1.807) is 33.2 Å². The third-order valence-corrected chi connectivity index (χ3v) is 5.52. The van der Waals surface area contributed by atoms with E-state index in [2.05, 4.69) is 36.2 Å². The third-order valence-electron chi connectivity index (χ3n) is 5.52. The molecule has 0 aliphatic heterocycles. The number of nitrogens with one attached hydrogen (secondary N) is 4. The Morgan fingerprint density at radius 1 is 1.00 bits per heavy atom. The summed E-state index contributed by atoms with van der Waals surface area (Å²) in [6, 6.07) is 7.79. The van der Waals surface area contributed by atoms with Crippen LogP contribution in [0.5, 0.6) is 0 Å². The van der Waals surface area contributed by atoms with Gasteiger partial charge in [-0.3, -0.25) is 14.6 Å². The van der Waals surface area contributed by atoms with Crippen LogP contribution in [0.15, 0.2) is 42.9 Å². The Hall–Kier alpha value is -4.48. The van der Waals surface area contributed by atoms with Crippen molar-refractivity contribution in [2.45, 2.75) is 46.1 Å². The van der Waals surface area contributed by atoms with Gasteiger partial charge in [-0.05, 0) is 57.2 Å². The molecule has 0 unspecified atom stereocenters. The van der Waals surface area contributed by atoms with Crippen molar-refractivity contribution in [1.29, 1.82) is 0 Å². The van der Waals surface area contributed by atoms with Gasteiger partial charge in [0, 0.05) is 56.3 Å².